The third-order valence-corrected chi connectivity index (χ3v) is 3.07. The van der Waals surface area contributed by atoms with Gasteiger partial charge in [0.05, 0.1) is 12.2 Å². The van der Waals surface area contributed by atoms with E-state index < -0.39 is 0 Å². The van der Waals surface area contributed by atoms with Crippen molar-refractivity contribution >= 4 is 0 Å². The number of hydrogen-bond donors (Lipinski definition) is 1. The SMILES string of the molecule is CC(C)OCc1nnc(CCC(C)OCc2ncn(C)n2)[nH]1. The Morgan fingerprint density at radius 2 is 1.91 bits per heavy atom. The molecule has 8 heteroatoms. The van der Waals surface area contributed by atoms with Crippen molar-refractivity contribution in [2.75, 3.05) is 0 Å². The number of aromatic nitrogens is 6. The quantitative estimate of drug-likeness (QED) is 0.753. The molecule has 0 bridgehead atoms. The number of ether oxygens (including phenoxy) is 2. The van der Waals surface area contributed by atoms with Gasteiger partial charge in [0.2, 0.25) is 0 Å². The summed E-state index contributed by atoms with van der Waals surface area (Å²) < 4.78 is 12.9. The van der Waals surface area contributed by atoms with E-state index in [1.807, 2.05) is 27.8 Å². The summed E-state index contributed by atoms with van der Waals surface area (Å²) in [5.41, 5.74) is 0. The molecule has 0 aliphatic carbocycles. The van der Waals surface area contributed by atoms with E-state index in [0.29, 0.717) is 19.0 Å². The van der Waals surface area contributed by atoms with E-state index in [0.717, 1.165) is 24.5 Å². The summed E-state index contributed by atoms with van der Waals surface area (Å²) in [6.07, 6.45) is 3.59. The molecule has 0 amide bonds. The molecule has 2 aromatic heterocycles. The Kier molecular flexibility index (Phi) is 6.02. The average Bonchev–Trinajstić information content (AvgIpc) is 3.09. The lowest BCUT2D eigenvalue weighted by Gasteiger charge is -2.10. The molecule has 1 atom stereocenters. The first-order valence-electron chi connectivity index (χ1n) is 7.51. The third-order valence-electron chi connectivity index (χ3n) is 3.07. The highest BCUT2D eigenvalue weighted by Crippen LogP contribution is 2.06. The van der Waals surface area contributed by atoms with Crippen molar-refractivity contribution in [2.24, 2.45) is 7.05 Å². The average molecular weight is 308 g/mol. The zero-order valence-electron chi connectivity index (χ0n) is 13.6. The van der Waals surface area contributed by atoms with Crippen LogP contribution in [0.15, 0.2) is 6.33 Å². The zero-order valence-corrected chi connectivity index (χ0v) is 13.6. The molecule has 1 N–H and O–H groups in total. The van der Waals surface area contributed by atoms with Gasteiger partial charge in [0, 0.05) is 13.5 Å². The van der Waals surface area contributed by atoms with Crippen LogP contribution in [0.4, 0.5) is 0 Å². The summed E-state index contributed by atoms with van der Waals surface area (Å²) in [6.45, 7) is 6.90. The molecule has 0 radical (unpaired) electrons. The number of aryl methyl sites for hydroxylation is 2. The highest BCUT2D eigenvalue weighted by molar-refractivity contribution is 4.89. The minimum absolute atomic E-state index is 0.101. The molecule has 0 aromatic carbocycles. The van der Waals surface area contributed by atoms with E-state index in [1.54, 1.807) is 11.0 Å². The Balaban J connectivity index is 1.68. The van der Waals surface area contributed by atoms with Gasteiger partial charge in [-0.05, 0) is 27.2 Å². The number of aromatic amines is 1. The lowest BCUT2D eigenvalue weighted by atomic mass is 10.2. The van der Waals surface area contributed by atoms with E-state index in [1.165, 1.54) is 0 Å². The largest absolute Gasteiger partial charge is 0.371 e. The molecule has 0 aliphatic heterocycles. The van der Waals surface area contributed by atoms with Gasteiger partial charge in [-0.2, -0.15) is 5.10 Å². The predicted octanol–water partition coefficient (Wildman–Crippen LogP) is 1.40. The fraction of sp³-hybridized carbons (Fsp3) is 0.714. The Hall–Kier alpha value is -1.80. The Bertz CT molecular complexity index is 565. The monoisotopic (exact) mass is 308 g/mol. The second-order valence-corrected chi connectivity index (χ2v) is 5.57. The summed E-state index contributed by atoms with van der Waals surface area (Å²) in [6, 6.07) is 0. The summed E-state index contributed by atoms with van der Waals surface area (Å²) >= 11 is 0. The van der Waals surface area contributed by atoms with Crippen molar-refractivity contribution < 1.29 is 9.47 Å². The van der Waals surface area contributed by atoms with Crippen LogP contribution >= 0.6 is 0 Å². The molecule has 0 spiro atoms. The summed E-state index contributed by atoms with van der Waals surface area (Å²) in [7, 11) is 1.84. The van der Waals surface area contributed by atoms with E-state index in [9.17, 15) is 0 Å². The summed E-state index contributed by atoms with van der Waals surface area (Å²) in [5, 5.41) is 12.4. The van der Waals surface area contributed by atoms with E-state index >= 15 is 0 Å². The Morgan fingerprint density at radius 1 is 1.14 bits per heavy atom. The van der Waals surface area contributed by atoms with E-state index in [2.05, 4.69) is 25.3 Å². The van der Waals surface area contributed by atoms with Gasteiger partial charge in [-0.25, -0.2) is 4.98 Å². The van der Waals surface area contributed by atoms with Crippen LogP contribution in [-0.4, -0.2) is 42.2 Å². The minimum atomic E-state index is 0.101. The van der Waals surface area contributed by atoms with Crippen LogP contribution < -0.4 is 0 Å². The predicted molar refractivity (Wildman–Crippen MR) is 79.9 cm³/mol. The molecule has 8 nitrogen and oxygen atoms in total. The van der Waals surface area contributed by atoms with Crippen LogP contribution in [0, 0.1) is 0 Å². The molecule has 0 aliphatic rings. The molecule has 122 valence electrons. The lowest BCUT2D eigenvalue weighted by Crippen LogP contribution is -2.11. The van der Waals surface area contributed by atoms with Crippen molar-refractivity contribution in [3.63, 3.8) is 0 Å². The first-order chi connectivity index (χ1) is 10.5. The normalized spacial score (nSPS) is 13.0. The number of nitrogens with zero attached hydrogens (tertiary/aromatic N) is 5. The van der Waals surface area contributed by atoms with Crippen molar-refractivity contribution in [1.29, 1.82) is 0 Å². The maximum atomic E-state index is 5.72. The topological polar surface area (TPSA) is 90.7 Å². The third kappa shape index (κ3) is 5.53. The zero-order chi connectivity index (χ0) is 15.9. The van der Waals surface area contributed by atoms with Gasteiger partial charge in [0.25, 0.3) is 0 Å². The summed E-state index contributed by atoms with van der Waals surface area (Å²) in [4.78, 5) is 7.30. The van der Waals surface area contributed by atoms with Crippen molar-refractivity contribution in [3.8, 4) is 0 Å². The lowest BCUT2D eigenvalue weighted by molar-refractivity contribution is 0.0434. The summed E-state index contributed by atoms with van der Waals surface area (Å²) in [5.74, 6) is 2.31. The van der Waals surface area contributed by atoms with Gasteiger partial charge < -0.3 is 14.5 Å². The van der Waals surface area contributed by atoms with E-state index in [-0.39, 0.29) is 12.2 Å². The van der Waals surface area contributed by atoms with E-state index in [4.69, 9.17) is 9.47 Å². The maximum Gasteiger partial charge on any atom is 0.176 e. The highest BCUT2D eigenvalue weighted by Gasteiger charge is 2.09. The molecule has 0 saturated heterocycles. The number of hydrogen-bond acceptors (Lipinski definition) is 6. The van der Waals surface area contributed by atoms with Gasteiger partial charge in [-0.3, -0.25) is 4.68 Å². The van der Waals surface area contributed by atoms with Crippen LogP contribution in [0.1, 0.15) is 44.7 Å². The van der Waals surface area contributed by atoms with Gasteiger partial charge in [-0.1, -0.05) is 0 Å². The minimum Gasteiger partial charge on any atom is -0.371 e. The maximum absolute atomic E-state index is 5.72. The molecule has 1 unspecified atom stereocenters. The molecule has 2 rings (SSSR count). The van der Waals surface area contributed by atoms with Crippen LogP contribution in [-0.2, 0) is 36.2 Å². The molecule has 0 fully saturated rings. The number of nitrogens with one attached hydrogen (secondary N) is 1. The number of rotatable bonds is 9. The van der Waals surface area contributed by atoms with Crippen LogP contribution in [0.3, 0.4) is 0 Å². The fourth-order valence-electron chi connectivity index (χ4n) is 1.85. The highest BCUT2D eigenvalue weighted by atomic mass is 16.5. The van der Waals surface area contributed by atoms with Gasteiger partial charge >= 0.3 is 0 Å². The Labute approximate surface area is 130 Å². The first-order valence-corrected chi connectivity index (χ1v) is 7.51. The standard InChI is InChI=1S/C14H24N6O2/c1-10(2)21-8-14-16-12(17-18-14)6-5-11(3)22-7-13-15-9-20(4)19-13/h9-11H,5-8H2,1-4H3,(H,16,17,18). The molecule has 2 aromatic rings. The molecule has 0 saturated carbocycles. The van der Waals surface area contributed by atoms with Gasteiger partial charge in [-0.15, -0.1) is 10.2 Å². The molecule has 2 heterocycles. The van der Waals surface area contributed by atoms with Crippen LogP contribution in [0.25, 0.3) is 0 Å². The molecule has 22 heavy (non-hydrogen) atoms. The van der Waals surface area contributed by atoms with Crippen molar-refractivity contribution in [1.82, 2.24) is 29.9 Å². The van der Waals surface area contributed by atoms with Gasteiger partial charge in [0.15, 0.2) is 11.6 Å². The van der Waals surface area contributed by atoms with Crippen LogP contribution in [0.2, 0.25) is 0 Å². The number of H-pyrrole nitrogens is 1. The Morgan fingerprint density at radius 3 is 2.59 bits per heavy atom. The van der Waals surface area contributed by atoms with Gasteiger partial charge in [0.1, 0.15) is 25.4 Å². The first kappa shape index (κ1) is 16.6. The van der Waals surface area contributed by atoms with Crippen molar-refractivity contribution in [2.45, 2.75) is 59.0 Å². The second-order valence-electron chi connectivity index (χ2n) is 5.57. The van der Waals surface area contributed by atoms with Crippen LogP contribution in [0.5, 0.6) is 0 Å². The smallest absolute Gasteiger partial charge is 0.176 e. The van der Waals surface area contributed by atoms with Crippen molar-refractivity contribution in [3.05, 3.63) is 23.8 Å². The second kappa shape index (κ2) is 8.00. The molecular weight excluding hydrogens is 284 g/mol. The fourth-order valence-corrected chi connectivity index (χ4v) is 1.85. The molecular formula is C14H24N6O2.